The Kier molecular flexibility index (Phi) is 31.8. The van der Waals surface area contributed by atoms with Gasteiger partial charge in [0.1, 0.15) is 0 Å². The molecular weight excluding hydrogens is 226 g/mol. The molecule has 1 fully saturated rings. The highest BCUT2D eigenvalue weighted by Gasteiger charge is 2.09. The van der Waals surface area contributed by atoms with Crippen molar-refractivity contribution >= 4 is 6.47 Å². The van der Waals surface area contributed by atoms with Gasteiger partial charge in [-0.3, -0.25) is 4.79 Å². The molecule has 0 radical (unpaired) electrons. The lowest BCUT2D eigenvalue weighted by Crippen LogP contribution is -2.26. The number of hydrogen-bond acceptors (Lipinski definition) is 2. The molecule has 0 heterocycles. The van der Waals surface area contributed by atoms with Crippen LogP contribution in [-0.4, -0.2) is 24.7 Å². The third-order valence-electron chi connectivity index (χ3n) is 2.72. The van der Waals surface area contributed by atoms with Crippen LogP contribution in [-0.2, 0) is 4.79 Å². The SMILES string of the molecule is CC.CCCCC.CNC1CCCCC1.O=CO. The van der Waals surface area contributed by atoms with E-state index in [1.807, 2.05) is 13.8 Å². The van der Waals surface area contributed by atoms with Crippen LogP contribution >= 0.6 is 0 Å². The van der Waals surface area contributed by atoms with Gasteiger partial charge in [-0.15, -0.1) is 0 Å². The van der Waals surface area contributed by atoms with Crippen molar-refractivity contribution in [3.05, 3.63) is 0 Å². The second kappa shape index (κ2) is 25.3. The smallest absolute Gasteiger partial charge is 0.290 e. The molecule has 1 aliphatic rings. The van der Waals surface area contributed by atoms with E-state index in [2.05, 4.69) is 26.2 Å². The molecule has 2 N–H and O–H groups in total. The summed E-state index contributed by atoms with van der Waals surface area (Å²) in [5.74, 6) is 0. The number of carbonyl (C=O) groups is 1. The van der Waals surface area contributed by atoms with Crippen LogP contribution in [0.5, 0.6) is 0 Å². The Hall–Kier alpha value is -0.570. The maximum atomic E-state index is 8.36. The minimum absolute atomic E-state index is 0.250. The first-order chi connectivity index (χ1) is 8.76. The average molecular weight is 261 g/mol. The molecule has 3 heteroatoms. The lowest BCUT2D eigenvalue weighted by Gasteiger charge is -2.20. The van der Waals surface area contributed by atoms with E-state index in [1.165, 1.54) is 51.4 Å². The predicted molar refractivity (Wildman–Crippen MR) is 81.2 cm³/mol. The Morgan fingerprint density at radius 1 is 1.11 bits per heavy atom. The van der Waals surface area contributed by atoms with Crippen LogP contribution in [0.15, 0.2) is 0 Å². The molecule has 0 aromatic heterocycles. The summed E-state index contributed by atoms with van der Waals surface area (Å²) in [6, 6.07) is 0.837. The van der Waals surface area contributed by atoms with Gasteiger partial charge in [0.05, 0.1) is 0 Å². The molecule has 0 atom stereocenters. The van der Waals surface area contributed by atoms with Crippen molar-refractivity contribution in [2.24, 2.45) is 0 Å². The molecule has 0 bridgehead atoms. The van der Waals surface area contributed by atoms with Crippen molar-refractivity contribution in [1.29, 1.82) is 0 Å². The molecule has 112 valence electrons. The molecule has 1 rings (SSSR count). The summed E-state index contributed by atoms with van der Waals surface area (Å²) in [6.45, 7) is 8.17. The number of nitrogens with one attached hydrogen (secondary N) is 1. The Morgan fingerprint density at radius 3 is 1.67 bits per heavy atom. The summed E-state index contributed by atoms with van der Waals surface area (Å²) in [4.78, 5) is 8.36. The van der Waals surface area contributed by atoms with E-state index in [4.69, 9.17) is 9.90 Å². The number of rotatable bonds is 3. The van der Waals surface area contributed by atoms with Gasteiger partial charge in [-0.2, -0.15) is 0 Å². The number of carboxylic acid groups (broad SMARTS) is 1. The van der Waals surface area contributed by atoms with Crippen molar-refractivity contribution in [2.75, 3.05) is 7.05 Å². The van der Waals surface area contributed by atoms with E-state index in [9.17, 15) is 0 Å². The van der Waals surface area contributed by atoms with Crippen molar-refractivity contribution in [3.63, 3.8) is 0 Å². The zero-order chi connectivity index (χ0) is 14.6. The van der Waals surface area contributed by atoms with Gasteiger partial charge in [0.15, 0.2) is 0 Å². The zero-order valence-electron chi connectivity index (χ0n) is 13.2. The van der Waals surface area contributed by atoms with Gasteiger partial charge in [0.2, 0.25) is 0 Å². The van der Waals surface area contributed by atoms with E-state index >= 15 is 0 Å². The third kappa shape index (κ3) is 24.6. The molecule has 3 nitrogen and oxygen atoms in total. The normalized spacial score (nSPS) is 13.8. The molecule has 0 unspecified atom stereocenters. The fraction of sp³-hybridized carbons (Fsp3) is 0.933. The lowest BCUT2D eigenvalue weighted by molar-refractivity contribution is -0.122. The summed E-state index contributed by atoms with van der Waals surface area (Å²) >= 11 is 0. The first kappa shape index (κ1) is 22.6. The molecule has 0 amide bonds. The summed E-state index contributed by atoms with van der Waals surface area (Å²) < 4.78 is 0. The lowest BCUT2D eigenvalue weighted by atomic mass is 9.96. The Labute approximate surface area is 114 Å². The molecule has 1 saturated carbocycles. The average Bonchev–Trinajstić information content (AvgIpc) is 2.44. The molecule has 0 saturated heterocycles. The van der Waals surface area contributed by atoms with Gasteiger partial charge in [-0.05, 0) is 19.9 Å². The topological polar surface area (TPSA) is 49.3 Å². The van der Waals surface area contributed by atoms with E-state index in [0.29, 0.717) is 0 Å². The monoisotopic (exact) mass is 261 g/mol. The van der Waals surface area contributed by atoms with Crippen LogP contribution in [0.1, 0.15) is 79.1 Å². The molecule has 1 aliphatic carbocycles. The van der Waals surface area contributed by atoms with Crippen LogP contribution in [0.4, 0.5) is 0 Å². The fourth-order valence-electron chi connectivity index (χ4n) is 1.74. The van der Waals surface area contributed by atoms with Crippen molar-refractivity contribution < 1.29 is 9.90 Å². The van der Waals surface area contributed by atoms with Crippen LogP contribution in [0, 0.1) is 0 Å². The molecular formula is C15H35NO2. The van der Waals surface area contributed by atoms with Crippen molar-refractivity contribution in [2.45, 2.75) is 85.1 Å². The maximum absolute atomic E-state index is 8.36. The van der Waals surface area contributed by atoms with Gasteiger partial charge >= 0.3 is 0 Å². The van der Waals surface area contributed by atoms with Crippen LogP contribution in [0.25, 0.3) is 0 Å². The van der Waals surface area contributed by atoms with Crippen molar-refractivity contribution in [1.82, 2.24) is 5.32 Å². The molecule has 18 heavy (non-hydrogen) atoms. The summed E-state index contributed by atoms with van der Waals surface area (Å²) in [6.07, 6.45) is 11.2. The Balaban J connectivity index is -0.000000196. The van der Waals surface area contributed by atoms with Crippen molar-refractivity contribution in [3.8, 4) is 0 Å². The number of unbranched alkanes of at least 4 members (excludes halogenated alkanes) is 2. The highest BCUT2D eigenvalue weighted by Crippen LogP contribution is 2.16. The summed E-state index contributed by atoms with van der Waals surface area (Å²) in [5, 5.41) is 10.2. The van der Waals surface area contributed by atoms with Crippen LogP contribution in [0.2, 0.25) is 0 Å². The second-order valence-corrected chi connectivity index (χ2v) is 4.08. The first-order valence-electron chi connectivity index (χ1n) is 7.51. The Bertz CT molecular complexity index is 122. The second-order valence-electron chi connectivity index (χ2n) is 4.08. The van der Waals surface area contributed by atoms with E-state index < -0.39 is 0 Å². The minimum Gasteiger partial charge on any atom is -0.483 e. The highest BCUT2D eigenvalue weighted by atomic mass is 16.3. The number of hydrogen-bond donors (Lipinski definition) is 2. The minimum atomic E-state index is -0.250. The quantitative estimate of drug-likeness (QED) is 0.737. The summed E-state index contributed by atoms with van der Waals surface area (Å²) in [7, 11) is 2.07. The molecule has 0 aliphatic heterocycles. The van der Waals surface area contributed by atoms with Gasteiger partial charge in [-0.1, -0.05) is 66.2 Å². The van der Waals surface area contributed by atoms with Crippen LogP contribution in [0.3, 0.4) is 0 Å². The largest absolute Gasteiger partial charge is 0.483 e. The third-order valence-corrected chi connectivity index (χ3v) is 2.72. The maximum Gasteiger partial charge on any atom is 0.290 e. The molecule has 0 spiro atoms. The summed E-state index contributed by atoms with van der Waals surface area (Å²) in [5.41, 5.74) is 0. The Morgan fingerprint density at radius 2 is 1.50 bits per heavy atom. The molecule has 0 aromatic carbocycles. The fourth-order valence-corrected chi connectivity index (χ4v) is 1.74. The predicted octanol–water partition coefficient (Wildman–Crippen LogP) is 4.46. The first-order valence-corrected chi connectivity index (χ1v) is 7.51. The van der Waals surface area contributed by atoms with E-state index in [-0.39, 0.29) is 6.47 Å². The van der Waals surface area contributed by atoms with Gasteiger partial charge in [0, 0.05) is 6.04 Å². The van der Waals surface area contributed by atoms with Gasteiger partial charge in [-0.25, -0.2) is 0 Å². The standard InChI is InChI=1S/C7H15N.C5H12.C2H6.CH2O2/c1-8-7-5-3-2-4-6-7;1-3-5-4-2;1-2;2-1-3/h7-8H,2-6H2,1H3;3-5H2,1-2H3;1-2H3;1H,(H,2,3). The van der Waals surface area contributed by atoms with E-state index in [0.717, 1.165) is 6.04 Å². The van der Waals surface area contributed by atoms with Gasteiger partial charge in [0.25, 0.3) is 6.47 Å². The zero-order valence-corrected chi connectivity index (χ0v) is 13.2. The molecule has 0 aromatic rings. The highest BCUT2D eigenvalue weighted by molar-refractivity contribution is 5.32. The van der Waals surface area contributed by atoms with Gasteiger partial charge < -0.3 is 10.4 Å². The van der Waals surface area contributed by atoms with Crippen LogP contribution < -0.4 is 5.32 Å². The van der Waals surface area contributed by atoms with E-state index in [1.54, 1.807) is 0 Å².